The van der Waals surface area contributed by atoms with E-state index in [0.29, 0.717) is 12.2 Å². The molecule has 0 aromatic carbocycles. The van der Waals surface area contributed by atoms with Gasteiger partial charge in [-0.1, -0.05) is 6.07 Å². The fourth-order valence-electron chi connectivity index (χ4n) is 2.46. The summed E-state index contributed by atoms with van der Waals surface area (Å²) in [5.74, 6) is 0.758. The summed E-state index contributed by atoms with van der Waals surface area (Å²) in [5.41, 5.74) is 1.62. The van der Waals surface area contributed by atoms with Crippen molar-refractivity contribution >= 4 is 5.65 Å². The van der Waals surface area contributed by atoms with Gasteiger partial charge >= 0.3 is 0 Å². The number of nitrogens with one attached hydrogen (secondary N) is 1. The molecule has 0 aliphatic heterocycles. The minimum Gasteiger partial charge on any atom is -0.306 e. The number of hydrogen-bond donors (Lipinski definition) is 1. The SMILES string of the molecule is CC(C)(NCc1cc(=O)n2ccccc2n1)C1CC1. The highest BCUT2D eigenvalue weighted by Gasteiger charge is 2.37. The first-order valence-corrected chi connectivity index (χ1v) is 6.79. The second kappa shape index (κ2) is 4.46. The van der Waals surface area contributed by atoms with Crippen LogP contribution in [0.1, 0.15) is 32.4 Å². The number of rotatable bonds is 4. The van der Waals surface area contributed by atoms with Crippen LogP contribution in [0.2, 0.25) is 0 Å². The molecule has 1 fully saturated rings. The average molecular weight is 257 g/mol. The summed E-state index contributed by atoms with van der Waals surface area (Å²) in [7, 11) is 0. The van der Waals surface area contributed by atoms with E-state index < -0.39 is 0 Å². The number of nitrogens with zero attached hydrogens (tertiary/aromatic N) is 2. The van der Waals surface area contributed by atoms with Crippen molar-refractivity contribution in [1.82, 2.24) is 14.7 Å². The van der Waals surface area contributed by atoms with Gasteiger partial charge in [-0.3, -0.25) is 9.20 Å². The molecule has 1 aliphatic rings. The minimum absolute atomic E-state index is 0.0216. The van der Waals surface area contributed by atoms with Gasteiger partial charge in [0.15, 0.2) is 0 Å². The van der Waals surface area contributed by atoms with Gasteiger partial charge in [-0.25, -0.2) is 4.98 Å². The van der Waals surface area contributed by atoms with Crippen molar-refractivity contribution in [2.45, 2.75) is 38.8 Å². The van der Waals surface area contributed by atoms with Crippen LogP contribution in [0.15, 0.2) is 35.3 Å². The average Bonchev–Trinajstić information content (AvgIpc) is 3.21. The van der Waals surface area contributed by atoms with E-state index in [1.165, 1.54) is 12.8 Å². The molecule has 0 spiro atoms. The third-order valence-corrected chi connectivity index (χ3v) is 3.95. The Balaban J connectivity index is 1.83. The van der Waals surface area contributed by atoms with E-state index in [9.17, 15) is 4.79 Å². The third kappa shape index (κ3) is 2.54. The van der Waals surface area contributed by atoms with Crippen molar-refractivity contribution in [2.75, 3.05) is 0 Å². The maximum Gasteiger partial charge on any atom is 0.258 e. The molecule has 2 aromatic rings. The molecule has 3 rings (SSSR count). The van der Waals surface area contributed by atoms with Crippen LogP contribution in [0.25, 0.3) is 5.65 Å². The Hall–Kier alpha value is -1.68. The van der Waals surface area contributed by atoms with Gasteiger partial charge in [0.2, 0.25) is 0 Å². The molecule has 0 bridgehead atoms. The Morgan fingerprint density at radius 3 is 2.95 bits per heavy atom. The maximum atomic E-state index is 12.0. The first-order chi connectivity index (χ1) is 9.06. The zero-order chi connectivity index (χ0) is 13.5. The van der Waals surface area contributed by atoms with Crippen LogP contribution in [-0.2, 0) is 6.54 Å². The molecule has 0 atom stereocenters. The van der Waals surface area contributed by atoms with Gasteiger partial charge in [0.1, 0.15) is 5.65 Å². The second-order valence-electron chi connectivity index (χ2n) is 5.86. The summed E-state index contributed by atoms with van der Waals surface area (Å²) in [4.78, 5) is 16.5. The van der Waals surface area contributed by atoms with Gasteiger partial charge in [0, 0.05) is 24.3 Å². The Bertz CT molecular complexity index is 656. The zero-order valence-electron chi connectivity index (χ0n) is 11.4. The number of hydrogen-bond acceptors (Lipinski definition) is 3. The molecule has 0 unspecified atom stereocenters. The number of aromatic nitrogens is 2. The first-order valence-electron chi connectivity index (χ1n) is 6.79. The van der Waals surface area contributed by atoms with E-state index in [2.05, 4.69) is 24.1 Å². The van der Waals surface area contributed by atoms with Crippen molar-refractivity contribution in [2.24, 2.45) is 5.92 Å². The van der Waals surface area contributed by atoms with Crippen molar-refractivity contribution in [3.8, 4) is 0 Å². The Kier molecular flexibility index (Phi) is 2.90. The smallest absolute Gasteiger partial charge is 0.258 e. The Morgan fingerprint density at radius 2 is 2.21 bits per heavy atom. The van der Waals surface area contributed by atoms with Gasteiger partial charge in [-0.15, -0.1) is 0 Å². The van der Waals surface area contributed by atoms with E-state index in [0.717, 1.165) is 11.6 Å². The van der Waals surface area contributed by atoms with E-state index >= 15 is 0 Å². The molecular weight excluding hydrogens is 238 g/mol. The number of fused-ring (bicyclic) bond motifs is 1. The normalized spacial score (nSPS) is 15.9. The summed E-state index contributed by atoms with van der Waals surface area (Å²) in [6, 6.07) is 7.21. The molecule has 0 radical (unpaired) electrons. The van der Waals surface area contributed by atoms with Crippen LogP contribution in [-0.4, -0.2) is 14.9 Å². The maximum absolute atomic E-state index is 12.0. The lowest BCUT2D eigenvalue weighted by molar-refractivity contribution is 0.337. The van der Waals surface area contributed by atoms with Gasteiger partial charge in [-0.05, 0) is 44.7 Å². The summed E-state index contributed by atoms with van der Waals surface area (Å²) >= 11 is 0. The van der Waals surface area contributed by atoms with Crippen LogP contribution in [0.3, 0.4) is 0 Å². The fourth-order valence-corrected chi connectivity index (χ4v) is 2.46. The number of pyridine rings is 1. The highest BCUT2D eigenvalue weighted by atomic mass is 16.1. The van der Waals surface area contributed by atoms with Gasteiger partial charge in [0.25, 0.3) is 5.56 Å². The van der Waals surface area contributed by atoms with Crippen molar-refractivity contribution in [1.29, 1.82) is 0 Å². The van der Waals surface area contributed by atoms with Gasteiger partial charge in [0.05, 0.1) is 5.69 Å². The lowest BCUT2D eigenvalue weighted by atomic mass is 9.99. The second-order valence-corrected chi connectivity index (χ2v) is 5.86. The summed E-state index contributed by atoms with van der Waals surface area (Å²) in [6.45, 7) is 5.08. The van der Waals surface area contributed by atoms with Crippen LogP contribution in [0, 0.1) is 5.92 Å². The van der Waals surface area contributed by atoms with Crippen molar-refractivity contribution < 1.29 is 0 Å². The van der Waals surface area contributed by atoms with Gasteiger partial charge < -0.3 is 5.32 Å². The lowest BCUT2D eigenvalue weighted by Crippen LogP contribution is -2.41. The molecule has 1 aliphatic carbocycles. The summed E-state index contributed by atoms with van der Waals surface area (Å²) < 4.78 is 1.57. The third-order valence-electron chi connectivity index (χ3n) is 3.95. The quantitative estimate of drug-likeness (QED) is 0.911. The van der Waals surface area contributed by atoms with E-state index in [4.69, 9.17) is 0 Å². The highest BCUT2D eigenvalue weighted by Crippen LogP contribution is 2.39. The largest absolute Gasteiger partial charge is 0.306 e. The van der Waals surface area contributed by atoms with E-state index in [1.54, 1.807) is 16.7 Å². The van der Waals surface area contributed by atoms with Crippen LogP contribution in [0.5, 0.6) is 0 Å². The molecule has 0 amide bonds. The van der Waals surface area contributed by atoms with Crippen LogP contribution in [0.4, 0.5) is 0 Å². The van der Waals surface area contributed by atoms with Crippen LogP contribution >= 0.6 is 0 Å². The molecule has 2 heterocycles. The van der Waals surface area contributed by atoms with Crippen molar-refractivity contribution in [3.05, 3.63) is 46.5 Å². The molecular formula is C15H19N3O. The minimum atomic E-state index is -0.0216. The zero-order valence-corrected chi connectivity index (χ0v) is 11.4. The predicted octanol–water partition coefficient (Wildman–Crippen LogP) is 1.97. The summed E-state index contributed by atoms with van der Waals surface area (Å²) in [6.07, 6.45) is 4.34. The van der Waals surface area contributed by atoms with E-state index in [-0.39, 0.29) is 11.1 Å². The molecule has 1 saturated carbocycles. The standard InChI is InChI=1S/C15H19N3O/c1-15(2,11-6-7-11)16-10-12-9-14(19)18-8-4-3-5-13(18)17-12/h3-5,8-9,11,16H,6-7,10H2,1-2H3. The molecule has 1 N–H and O–H groups in total. The Labute approximate surface area is 112 Å². The van der Waals surface area contributed by atoms with Crippen molar-refractivity contribution in [3.63, 3.8) is 0 Å². The van der Waals surface area contributed by atoms with Crippen LogP contribution < -0.4 is 10.9 Å². The monoisotopic (exact) mass is 257 g/mol. The molecule has 100 valence electrons. The van der Waals surface area contributed by atoms with Gasteiger partial charge in [-0.2, -0.15) is 0 Å². The Morgan fingerprint density at radius 1 is 1.42 bits per heavy atom. The summed E-state index contributed by atoms with van der Waals surface area (Å²) in [5, 5.41) is 3.52. The molecule has 0 saturated heterocycles. The fraction of sp³-hybridized carbons (Fsp3) is 0.467. The lowest BCUT2D eigenvalue weighted by Gasteiger charge is -2.26. The molecule has 4 nitrogen and oxygen atoms in total. The predicted molar refractivity (Wildman–Crippen MR) is 75.1 cm³/mol. The molecule has 19 heavy (non-hydrogen) atoms. The first kappa shape index (κ1) is 12.4. The highest BCUT2D eigenvalue weighted by molar-refractivity contribution is 5.37. The molecule has 2 aromatic heterocycles. The molecule has 4 heteroatoms. The topological polar surface area (TPSA) is 46.4 Å². The van der Waals surface area contributed by atoms with E-state index in [1.807, 2.05) is 18.2 Å².